The van der Waals surface area contributed by atoms with E-state index in [-0.39, 0.29) is 4.75 Å². The zero-order chi connectivity index (χ0) is 8.36. The molecule has 0 heterocycles. The summed E-state index contributed by atoms with van der Waals surface area (Å²) in [6.07, 6.45) is 0. The van der Waals surface area contributed by atoms with Crippen LogP contribution in [-0.4, -0.2) is 23.1 Å². The predicted molar refractivity (Wildman–Crippen MR) is 49.0 cm³/mol. The molecule has 0 saturated heterocycles. The Hall–Kier alpha value is 0.335. The molecule has 0 aromatic heterocycles. The lowest BCUT2D eigenvalue weighted by molar-refractivity contribution is 0.543. The third-order valence-corrected chi connectivity index (χ3v) is 2.70. The number of hydrogen-bond donors (Lipinski definition) is 1. The molecule has 0 spiro atoms. The molecule has 0 radical (unpaired) electrons. The predicted octanol–water partition coefficient (Wildman–Crippen LogP) is 0.0173. The molecular weight excluding hydrogens is 145 g/mol. The first-order valence-corrected chi connectivity index (χ1v) is 4.67. The van der Waals surface area contributed by atoms with Crippen LogP contribution in [0.15, 0.2) is 0 Å². The van der Waals surface area contributed by atoms with Crippen LogP contribution in [0, 0.1) is 0 Å². The van der Waals surface area contributed by atoms with Crippen LogP contribution in [0.4, 0.5) is 0 Å². The summed E-state index contributed by atoms with van der Waals surface area (Å²) in [4.78, 5) is 0. The molecule has 0 aromatic carbocycles. The average molecular weight is 161 g/mol. The Morgan fingerprint density at radius 3 is 2.00 bits per heavy atom. The highest BCUT2D eigenvalue weighted by molar-refractivity contribution is 7.90. The van der Waals surface area contributed by atoms with Gasteiger partial charge < -0.3 is 4.55 Å². The van der Waals surface area contributed by atoms with Crippen molar-refractivity contribution in [1.82, 2.24) is 4.72 Å². The quantitative estimate of drug-likeness (QED) is 0.457. The minimum Gasteiger partial charge on any atom is -0.598 e. The van der Waals surface area contributed by atoms with Crippen LogP contribution in [0.1, 0.15) is 27.7 Å². The number of nitrogens with one attached hydrogen (secondary N) is 1. The summed E-state index contributed by atoms with van der Waals surface area (Å²) >= 11 is -0.917. The third-order valence-electron chi connectivity index (χ3n) is 0.899. The topological polar surface area (TPSA) is 35.1 Å². The summed E-state index contributed by atoms with van der Waals surface area (Å²) in [5.41, 5.74) is 0. The van der Waals surface area contributed by atoms with Gasteiger partial charge in [-0.1, -0.05) is 6.92 Å². The van der Waals surface area contributed by atoms with Gasteiger partial charge in [0, 0.05) is 17.3 Å². The Bertz CT molecular complexity index is 102. The Labute approximate surface area is 67.5 Å². The minimum absolute atomic E-state index is 0.149. The van der Waals surface area contributed by atoms with Gasteiger partial charge in [0.2, 0.25) is 0 Å². The van der Waals surface area contributed by atoms with Crippen LogP contribution in [0.3, 0.4) is 0 Å². The molecule has 4 heteroatoms. The molecule has 0 aliphatic carbocycles. The van der Waals surface area contributed by atoms with Gasteiger partial charge in [0.1, 0.15) is 12.6 Å². The molecule has 0 aromatic rings. The summed E-state index contributed by atoms with van der Waals surface area (Å²) in [6.45, 7) is 7.86. The van der Waals surface area contributed by atoms with Crippen LogP contribution >= 0.6 is 0 Å². The molecule has 60 valence electrons. The van der Waals surface area contributed by atoms with E-state index in [1.54, 1.807) is 0 Å². The van der Waals surface area contributed by atoms with Crippen LogP contribution in [0.25, 0.3) is 0 Å². The molecule has 0 amide bonds. The minimum atomic E-state index is -0.917. The molecule has 0 aliphatic heterocycles. The van der Waals surface area contributed by atoms with Crippen molar-refractivity contribution in [2.45, 2.75) is 38.4 Å². The van der Waals surface area contributed by atoms with Crippen molar-refractivity contribution in [2.24, 2.45) is 0 Å². The Kier molecular flexibility index (Phi) is 3.77. The summed E-state index contributed by atoms with van der Waals surface area (Å²) in [6, 6.07) is 0. The molecule has 2 nitrogen and oxygen atoms in total. The molecule has 0 bridgehead atoms. The highest BCUT2D eigenvalue weighted by Gasteiger charge is 2.26. The Morgan fingerprint density at radius 1 is 1.50 bits per heavy atom. The van der Waals surface area contributed by atoms with Crippen molar-refractivity contribution in [3.05, 3.63) is 0 Å². The summed E-state index contributed by atoms with van der Waals surface area (Å²) in [5.74, 6) is 0.292. The zero-order valence-corrected chi connectivity index (χ0v) is 8.21. The normalized spacial score (nSPS) is 18.5. The number of hydrogen-bond acceptors (Lipinski definition) is 2. The van der Waals surface area contributed by atoms with E-state index in [0.717, 1.165) is 0 Å². The highest BCUT2D eigenvalue weighted by Crippen LogP contribution is 2.12. The van der Waals surface area contributed by atoms with Crippen molar-refractivity contribution in [2.75, 3.05) is 0 Å². The number of rotatable bonds is 2. The second kappa shape index (κ2) is 3.65. The van der Waals surface area contributed by atoms with Crippen molar-refractivity contribution in [1.29, 1.82) is 0 Å². The van der Waals surface area contributed by atoms with E-state index in [1.165, 1.54) is 0 Å². The van der Waals surface area contributed by atoms with Crippen molar-refractivity contribution in [3.63, 3.8) is 0 Å². The fourth-order valence-electron chi connectivity index (χ4n) is 0.391. The third kappa shape index (κ3) is 4.20. The van der Waals surface area contributed by atoms with Crippen LogP contribution in [0.5, 0.6) is 0 Å². The molecule has 0 aliphatic rings. The molecule has 0 saturated carbocycles. The first-order chi connectivity index (χ1) is 4.34. The van der Waals surface area contributed by atoms with E-state index in [0.29, 0.717) is 5.94 Å². The molecule has 2 atom stereocenters. The second-order valence-corrected chi connectivity index (χ2v) is 5.65. The van der Waals surface area contributed by atoms with Gasteiger partial charge in [-0.3, -0.25) is 0 Å². The first-order valence-electron chi connectivity index (χ1n) is 3.52. The Morgan fingerprint density at radius 2 is 1.90 bits per heavy atom. The highest BCUT2D eigenvalue weighted by atomic mass is 32.2. The van der Waals surface area contributed by atoms with E-state index in [1.807, 2.05) is 35.5 Å². The van der Waals surface area contributed by atoms with Crippen molar-refractivity contribution in [3.8, 4) is 0 Å². The molecule has 0 rings (SSSR count). The van der Waals surface area contributed by atoms with Crippen molar-refractivity contribution >= 4 is 19.2 Å². The second-order valence-electron chi connectivity index (χ2n) is 3.65. The van der Waals surface area contributed by atoms with Crippen LogP contribution in [-0.2, 0) is 11.4 Å². The molecule has 0 fully saturated rings. The Balaban J connectivity index is 3.73. The van der Waals surface area contributed by atoms with E-state index >= 15 is 0 Å². The van der Waals surface area contributed by atoms with E-state index in [2.05, 4.69) is 4.72 Å². The lowest BCUT2D eigenvalue weighted by Crippen LogP contribution is -2.43. The molecule has 10 heavy (non-hydrogen) atoms. The van der Waals surface area contributed by atoms with Gasteiger partial charge in [-0.05, 0) is 20.8 Å². The maximum Gasteiger partial charge on any atom is 0.136 e. The molecular formula is C6H16BNOS. The fraction of sp³-hybridized carbons (Fsp3) is 1.00. The van der Waals surface area contributed by atoms with Gasteiger partial charge in [-0.2, -0.15) is 0 Å². The van der Waals surface area contributed by atoms with E-state index in [4.69, 9.17) is 0 Å². The molecule has 2 unspecified atom stereocenters. The summed E-state index contributed by atoms with van der Waals surface area (Å²) in [7, 11) is 1.99. The van der Waals surface area contributed by atoms with Gasteiger partial charge in [-0.15, -0.1) is 4.72 Å². The fourth-order valence-corrected chi connectivity index (χ4v) is 1.17. The van der Waals surface area contributed by atoms with Gasteiger partial charge in [-0.25, -0.2) is 0 Å². The van der Waals surface area contributed by atoms with E-state index in [9.17, 15) is 4.55 Å². The maximum absolute atomic E-state index is 11.3. The van der Waals surface area contributed by atoms with Gasteiger partial charge in [0.05, 0.1) is 0 Å². The lowest BCUT2D eigenvalue weighted by atomic mass is 10.0. The lowest BCUT2D eigenvalue weighted by Gasteiger charge is -2.25. The SMILES string of the molecule is BC(C)N[S+]([O-])C(C)(C)C. The average Bonchev–Trinajstić information content (AvgIpc) is 1.60. The van der Waals surface area contributed by atoms with Gasteiger partial charge in [0.15, 0.2) is 0 Å². The summed E-state index contributed by atoms with van der Waals surface area (Å²) in [5, 5.41) is 0. The largest absolute Gasteiger partial charge is 0.598 e. The van der Waals surface area contributed by atoms with Gasteiger partial charge >= 0.3 is 0 Å². The van der Waals surface area contributed by atoms with Crippen LogP contribution < -0.4 is 4.72 Å². The zero-order valence-electron chi connectivity index (χ0n) is 7.39. The van der Waals surface area contributed by atoms with Crippen LogP contribution in [0.2, 0.25) is 0 Å². The summed E-state index contributed by atoms with van der Waals surface area (Å²) < 4.78 is 14.1. The van der Waals surface area contributed by atoms with Gasteiger partial charge in [0.25, 0.3) is 0 Å². The maximum atomic E-state index is 11.3. The smallest absolute Gasteiger partial charge is 0.136 e. The molecule has 1 N–H and O–H groups in total. The van der Waals surface area contributed by atoms with Crippen molar-refractivity contribution < 1.29 is 4.55 Å². The standard InChI is InChI=1S/C6H16BNOS/c1-5(7)8-10(9)6(2,3)4/h5,8H,7H2,1-4H3. The van der Waals surface area contributed by atoms with E-state index < -0.39 is 11.4 Å². The first kappa shape index (κ1) is 10.3. The monoisotopic (exact) mass is 161 g/mol.